The highest BCUT2D eigenvalue weighted by atomic mass is 32.2. The minimum atomic E-state index is -3.54. The lowest BCUT2D eigenvalue weighted by Crippen LogP contribution is -2.46. The van der Waals surface area contributed by atoms with E-state index in [1.807, 2.05) is 6.92 Å². The van der Waals surface area contributed by atoms with Gasteiger partial charge in [-0.3, -0.25) is 9.48 Å². The molecule has 8 heteroatoms. The molecule has 1 aliphatic heterocycles. The summed E-state index contributed by atoms with van der Waals surface area (Å²) >= 11 is 0. The quantitative estimate of drug-likeness (QED) is 0.822. The Hall–Kier alpha value is -1.41. The highest BCUT2D eigenvalue weighted by Crippen LogP contribution is 2.27. The number of aryl methyl sites for hydroxylation is 2. The molecule has 0 aromatic carbocycles. The summed E-state index contributed by atoms with van der Waals surface area (Å²) in [6.45, 7) is 8.53. The van der Waals surface area contributed by atoms with E-state index in [4.69, 9.17) is 0 Å². The fraction of sp³-hybridized carbons (Fsp3) is 0.733. The van der Waals surface area contributed by atoms with Crippen LogP contribution < -0.4 is 0 Å². The second-order valence-corrected chi connectivity index (χ2v) is 7.96. The summed E-state index contributed by atoms with van der Waals surface area (Å²) in [7, 11) is -1.76. The molecule has 1 fully saturated rings. The van der Waals surface area contributed by atoms with E-state index in [-0.39, 0.29) is 11.9 Å². The minimum Gasteiger partial charge on any atom is -0.343 e. The average molecular weight is 342 g/mol. The Bertz CT molecular complexity index is 688. The van der Waals surface area contributed by atoms with E-state index in [1.54, 1.807) is 30.5 Å². The highest BCUT2D eigenvalue weighted by Gasteiger charge is 2.34. The van der Waals surface area contributed by atoms with Crippen LogP contribution in [0.1, 0.15) is 38.1 Å². The predicted molar refractivity (Wildman–Crippen MR) is 87.6 cm³/mol. The molecule has 1 amide bonds. The van der Waals surface area contributed by atoms with Crippen molar-refractivity contribution in [1.82, 2.24) is 19.0 Å². The smallest absolute Gasteiger partial charge is 0.246 e. The van der Waals surface area contributed by atoms with E-state index in [1.165, 1.54) is 11.2 Å². The number of aromatic nitrogens is 2. The largest absolute Gasteiger partial charge is 0.343 e. The highest BCUT2D eigenvalue weighted by molar-refractivity contribution is 7.89. The molecular formula is C15H26N4O3S. The molecule has 7 nitrogen and oxygen atoms in total. The third-order valence-electron chi connectivity index (χ3n) is 4.68. The maximum atomic E-state index is 13.0. The molecule has 0 atom stereocenters. The van der Waals surface area contributed by atoms with E-state index in [0.717, 1.165) is 0 Å². The molecular weight excluding hydrogens is 316 g/mol. The third-order valence-corrected chi connectivity index (χ3v) is 6.83. The number of nitrogens with zero attached hydrogens (tertiary/aromatic N) is 4. The van der Waals surface area contributed by atoms with Crippen molar-refractivity contribution in [2.75, 3.05) is 20.1 Å². The summed E-state index contributed by atoms with van der Waals surface area (Å²) in [5.74, 6) is 0.0159. The lowest BCUT2D eigenvalue weighted by Gasteiger charge is -2.35. The van der Waals surface area contributed by atoms with E-state index in [2.05, 4.69) is 5.10 Å². The van der Waals surface area contributed by atoms with Gasteiger partial charge in [-0.1, -0.05) is 0 Å². The van der Waals surface area contributed by atoms with Gasteiger partial charge >= 0.3 is 0 Å². The number of rotatable bonds is 4. The van der Waals surface area contributed by atoms with Gasteiger partial charge in [-0.15, -0.1) is 0 Å². The molecule has 1 aromatic heterocycles. The van der Waals surface area contributed by atoms with Crippen LogP contribution in [0.25, 0.3) is 0 Å². The minimum absolute atomic E-state index is 0.0159. The fourth-order valence-electron chi connectivity index (χ4n) is 3.22. The first-order valence-corrected chi connectivity index (χ1v) is 9.41. The zero-order chi connectivity index (χ0) is 17.4. The molecule has 2 heterocycles. The van der Waals surface area contributed by atoms with Crippen LogP contribution in [-0.2, 0) is 21.4 Å². The molecule has 0 saturated carbocycles. The van der Waals surface area contributed by atoms with Crippen molar-refractivity contribution >= 4 is 15.9 Å². The summed E-state index contributed by atoms with van der Waals surface area (Å²) in [6, 6.07) is 0.111. The maximum absolute atomic E-state index is 13.0. The van der Waals surface area contributed by atoms with Gasteiger partial charge < -0.3 is 4.90 Å². The SMILES string of the molecule is CCn1nc(C)c(S(=O)(=O)N2CCC(N(C)C(C)=O)CC2)c1C. The normalized spacial score (nSPS) is 17.4. The number of sulfonamides is 1. The molecule has 130 valence electrons. The van der Waals surface area contributed by atoms with Crippen molar-refractivity contribution in [2.45, 2.75) is 58.0 Å². The van der Waals surface area contributed by atoms with Gasteiger partial charge in [0.15, 0.2) is 0 Å². The second kappa shape index (κ2) is 6.60. The Morgan fingerprint density at radius 3 is 2.30 bits per heavy atom. The van der Waals surface area contributed by atoms with Crippen molar-refractivity contribution in [3.63, 3.8) is 0 Å². The Morgan fingerprint density at radius 1 is 1.30 bits per heavy atom. The summed E-state index contributed by atoms with van der Waals surface area (Å²) in [4.78, 5) is 13.5. The van der Waals surface area contributed by atoms with Crippen molar-refractivity contribution in [3.05, 3.63) is 11.4 Å². The van der Waals surface area contributed by atoms with Gasteiger partial charge in [0.1, 0.15) is 4.90 Å². The number of hydrogen-bond acceptors (Lipinski definition) is 4. The van der Waals surface area contributed by atoms with Crippen LogP contribution in [0.2, 0.25) is 0 Å². The van der Waals surface area contributed by atoms with Crippen LogP contribution in [0.4, 0.5) is 0 Å². The average Bonchev–Trinajstić information content (AvgIpc) is 2.81. The fourth-order valence-corrected chi connectivity index (χ4v) is 5.06. The monoisotopic (exact) mass is 342 g/mol. The van der Waals surface area contributed by atoms with Crippen molar-refractivity contribution in [2.24, 2.45) is 0 Å². The first-order chi connectivity index (χ1) is 10.7. The molecule has 1 saturated heterocycles. The first-order valence-electron chi connectivity index (χ1n) is 7.97. The Labute approximate surface area is 138 Å². The molecule has 0 N–H and O–H groups in total. The topological polar surface area (TPSA) is 75.5 Å². The molecule has 0 bridgehead atoms. The molecule has 0 radical (unpaired) electrons. The van der Waals surface area contributed by atoms with Gasteiger partial charge in [-0.05, 0) is 33.6 Å². The van der Waals surface area contributed by atoms with E-state index < -0.39 is 10.0 Å². The van der Waals surface area contributed by atoms with Gasteiger partial charge in [0.2, 0.25) is 15.9 Å². The van der Waals surface area contributed by atoms with E-state index in [0.29, 0.717) is 48.8 Å². The van der Waals surface area contributed by atoms with Crippen LogP contribution in [0.3, 0.4) is 0 Å². The van der Waals surface area contributed by atoms with Gasteiger partial charge in [-0.2, -0.15) is 9.40 Å². The molecule has 0 spiro atoms. The van der Waals surface area contributed by atoms with Crippen LogP contribution >= 0.6 is 0 Å². The molecule has 1 aromatic rings. The van der Waals surface area contributed by atoms with Crippen LogP contribution in [-0.4, -0.2) is 59.5 Å². The number of carbonyl (C=O) groups is 1. The number of piperidine rings is 1. The molecule has 2 rings (SSSR count). The van der Waals surface area contributed by atoms with Gasteiger partial charge in [0.25, 0.3) is 0 Å². The summed E-state index contributed by atoms with van der Waals surface area (Å²) in [6.07, 6.45) is 1.32. The second-order valence-electron chi connectivity index (χ2n) is 6.08. The first kappa shape index (κ1) is 17.9. The Morgan fingerprint density at radius 2 is 1.87 bits per heavy atom. The standard InChI is InChI=1S/C15H26N4O3S/c1-6-19-12(3)15(11(2)16-19)23(21,22)18-9-7-14(8-10-18)17(5)13(4)20/h14H,6-10H2,1-5H3. The van der Waals surface area contributed by atoms with E-state index in [9.17, 15) is 13.2 Å². The van der Waals surface area contributed by atoms with Crippen LogP contribution in [0.15, 0.2) is 4.90 Å². The lowest BCUT2D eigenvalue weighted by molar-refractivity contribution is -0.130. The summed E-state index contributed by atoms with van der Waals surface area (Å²) in [5.41, 5.74) is 1.24. The van der Waals surface area contributed by atoms with Crippen molar-refractivity contribution in [1.29, 1.82) is 0 Å². The molecule has 23 heavy (non-hydrogen) atoms. The van der Waals surface area contributed by atoms with E-state index >= 15 is 0 Å². The number of carbonyl (C=O) groups excluding carboxylic acids is 1. The third kappa shape index (κ3) is 3.28. The predicted octanol–water partition coefficient (Wildman–Crippen LogP) is 1.15. The van der Waals surface area contributed by atoms with Crippen LogP contribution in [0.5, 0.6) is 0 Å². The van der Waals surface area contributed by atoms with Gasteiger partial charge in [-0.25, -0.2) is 8.42 Å². The zero-order valence-electron chi connectivity index (χ0n) is 14.5. The number of amides is 1. The molecule has 0 unspecified atom stereocenters. The maximum Gasteiger partial charge on any atom is 0.246 e. The van der Waals surface area contributed by atoms with Crippen LogP contribution in [0, 0.1) is 13.8 Å². The Balaban J connectivity index is 2.20. The van der Waals surface area contributed by atoms with Crippen molar-refractivity contribution in [3.8, 4) is 0 Å². The number of hydrogen-bond donors (Lipinski definition) is 0. The summed E-state index contributed by atoms with van der Waals surface area (Å²) < 4.78 is 29.2. The van der Waals surface area contributed by atoms with Gasteiger partial charge in [0.05, 0.1) is 11.4 Å². The molecule has 0 aliphatic carbocycles. The van der Waals surface area contributed by atoms with Crippen molar-refractivity contribution < 1.29 is 13.2 Å². The van der Waals surface area contributed by atoms with Gasteiger partial charge in [0, 0.05) is 39.6 Å². The Kier molecular flexibility index (Phi) is 5.15. The zero-order valence-corrected chi connectivity index (χ0v) is 15.4. The lowest BCUT2D eigenvalue weighted by atomic mass is 10.1. The summed E-state index contributed by atoms with van der Waals surface area (Å²) in [5, 5.41) is 4.31. The molecule has 1 aliphatic rings.